The first-order chi connectivity index (χ1) is 4.86. The summed E-state index contributed by atoms with van der Waals surface area (Å²) in [5.41, 5.74) is 2.48. The largest absolute Gasteiger partial charge is 0.308 e. The molecule has 1 rings (SSSR count). The molecule has 0 atom stereocenters. The highest BCUT2D eigenvalue weighted by atomic mass is 32.2. The summed E-state index contributed by atoms with van der Waals surface area (Å²) in [4.78, 5) is 4.14. The highest BCUT2D eigenvalue weighted by molar-refractivity contribution is 7.98. The van der Waals surface area contributed by atoms with Gasteiger partial charge < -0.3 is 5.43 Å². The lowest BCUT2D eigenvalue weighted by Gasteiger charge is -1.98. The minimum Gasteiger partial charge on any atom is -0.308 e. The lowest BCUT2D eigenvalue weighted by Crippen LogP contribution is -2.08. The lowest BCUT2D eigenvalue weighted by molar-refractivity contribution is 1.11. The predicted molar refractivity (Wildman–Crippen MR) is 43.8 cm³/mol. The van der Waals surface area contributed by atoms with Crippen LogP contribution in [0.4, 0.5) is 5.82 Å². The second kappa shape index (κ2) is 3.43. The Morgan fingerprint density at radius 2 is 2.40 bits per heavy atom. The first-order valence-corrected chi connectivity index (χ1v) is 4.07. The van der Waals surface area contributed by atoms with Crippen molar-refractivity contribution in [2.45, 2.75) is 5.03 Å². The number of nitrogens with two attached hydrogens (primary N) is 1. The quantitative estimate of drug-likeness (QED) is 0.381. The molecule has 1 aromatic rings. The van der Waals surface area contributed by atoms with Crippen molar-refractivity contribution in [2.75, 3.05) is 11.7 Å². The monoisotopic (exact) mass is 155 g/mol. The number of rotatable bonds is 2. The SMILES string of the molecule is CSc1cccc(NN)n1. The molecule has 10 heavy (non-hydrogen) atoms. The minimum atomic E-state index is 0.701. The molecule has 0 fully saturated rings. The maximum atomic E-state index is 5.15. The highest BCUT2D eigenvalue weighted by Gasteiger charge is 1.91. The van der Waals surface area contributed by atoms with E-state index in [1.165, 1.54) is 0 Å². The number of hydrogen-bond donors (Lipinski definition) is 2. The van der Waals surface area contributed by atoms with Gasteiger partial charge in [-0.3, -0.25) is 0 Å². The summed E-state index contributed by atoms with van der Waals surface area (Å²) in [5.74, 6) is 5.85. The number of thioether (sulfide) groups is 1. The van der Waals surface area contributed by atoms with E-state index in [4.69, 9.17) is 5.84 Å². The van der Waals surface area contributed by atoms with Crippen molar-refractivity contribution in [3.8, 4) is 0 Å². The predicted octanol–water partition coefficient (Wildman–Crippen LogP) is 1.09. The molecule has 0 amide bonds. The van der Waals surface area contributed by atoms with Gasteiger partial charge in [-0.25, -0.2) is 10.8 Å². The number of anilines is 1. The van der Waals surface area contributed by atoms with E-state index >= 15 is 0 Å². The molecule has 3 N–H and O–H groups in total. The summed E-state index contributed by atoms with van der Waals surface area (Å²) in [6.45, 7) is 0. The molecule has 0 aromatic carbocycles. The van der Waals surface area contributed by atoms with Gasteiger partial charge in [0.2, 0.25) is 0 Å². The molecule has 0 spiro atoms. The van der Waals surface area contributed by atoms with Crippen LogP contribution < -0.4 is 11.3 Å². The van der Waals surface area contributed by atoms with E-state index in [-0.39, 0.29) is 0 Å². The van der Waals surface area contributed by atoms with Crippen LogP contribution in [0, 0.1) is 0 Å². The summed E-state index contributed by atoms with van der Waals surface area (Å²) in [5, 5.41) is 0.968. The van der Waals surface area contributed by atoms with Crippen LogP contribution in [0.2, 0.25) is 0 Å². The maximum absolute atomic E-state index is 5.15. The number of hydrogen-bond acceptors (Lipinski definition) is 4. The van der Waals surface area contributed by atoms with Crippen LogP contribution in [0.25, 0.3) is 0 Å². The van der Waals surface area contributed by atoms with Gasteiger partial charge in [0.25, 0.3) is 0 Å². The number of aromatic nitrogens is 1. The molecule has 54 valence electrons. The standard InChI is InChI=1S/C6H9N3S/c1-10-6-4-2-3-5(8-6)9-7/h2-4H,7H2,1H3,(H,8,9). The number of nitrogens with zero attached hydrogens (tertiary/aromatic N) is 1. The number of pyridine rings is 1. The van der Waals surface area contributed by atoms with Crippen molar-refractivity contribution < 1.29 is 0 Å². The van der Waals surface area contributed by atoms with Crippen LogP contribution in [0.1, 0.15) is 0 Å². The molecule has 4 heteroatoms. The van der Waals surface area contributed by atoms with Crippen LogP contribution in [-0.2, 0) is 0 Å². The molecule has 0 saturated heterocycles. The molecule has 1 heterocycles. The first kappa shape index (κ1) is 7.37. The van der Waals surface area contributed by atoms with Gasteiger partial charge in [0.15, 0.2) is 0 Å². The van der Waals surface area contributed by atoms with Gasteiger partial charge in [-0.2, -0.15) is 0 Å². The molecule has 1 aromatic heterocycles. The van der Waals surface area contributed by atoms with Crippen molar-refractivity contribution in [1.29, 1.82) is 0 Å². The van der Waals surface area contributed by atoms with E-state index in [9.17, 15) is 0 Å². The molecule has 0 unspecified atom stereocenters. The van der Waals surface area contributed by atoms with Crippen molar-refractivity contribution in [3.05, 3.63) is 18.2 Å². The van der Waals surface area contributed by atoms with E-state index in [2.05, 4.69) is 10.4 Å². The van der Waals surface area contributed by atoms with Crippen LogP contribution >= 0.6 is 11.8 Å². The van der Waals surface area contributed by atoms with Crippen molar-refractivity contribution >= 4 is 17.6 Å². The fraction of sp³-hybridized carbons (Fsp3) is 0.167. The van der Waals surface area contributed by atoms with Crippen LogP contribution in [-0.4, -0.2) is 11.2 Å². The summed E-state index contributed by atoms with van der Waals surface area (Å²) in [6.07, 6.45) is 1.97. The van der Waals surface area contributed by atoms with E-state index < -0.39 is 0 Å². The number of nitrogens with one attached hydrogen (secondary N) is 1. The van der Waals surface area contributed by atoms with Gasteiger partial charge in [0, 0.05) is 0 Å². The summed E-state index contributed by atoms with van der Waals surface area (Å²) in [6, 6.07) is 5.67. The number of hydrazine groups is 1. The van der Waals surface area contributed by atoms with E-state index in [1.807, 2.05) is 24.5 Å². The van der Waals surface area contributed by atoms with Gasteiger partial charge >= 0.3 is 0 Å². The number of nitrogen functional groups attached to an aromatic ring is 1. The zero-order valence-corrected chi connectivity index (χ0v) is 6.48. The fourth-order valence-corrected chi connectivity index (χ4v) is 1.01. The summed E-state index contributed by atoms with van der Waals surface area (Å²) < 4.78 is 0. The molecule has 0 radical (unpaired) electrons. The van der Waals surface area contributed by atoms with E-state index in [0.717, 1.165) is 5.03 Å². The van der Waals surface area contributed by atoms with Gasteiger partial charge in [0.05, 0.1) is 5.03 Å². The topological polar surface area (TPSA) is 50.9 Å². The molecule has 0 aliphatic heterocycles. The first-order valence-electron chi connectivity index (χ1n) is 2.84. The Kier molecular flexibility index (Phi) is 2.53. The maximum Gasteiger partial charge on any atom is 0.141 e. The van der Waals surface area contributed by atoms with E-state index in [1.54, 1.807) is 11.8 Å². The molecule has 3 nitrogen and oxygen atoms in total. The van der Waals surface area contributed by atoms with Gasteiger partial charge in [-0.05, 0) is 18.4 Å². The Balaban J connectivity index is 2.87. The normalized spacial score (nSPS) is 9.40. The molecule has 0 aliphatic carbocycles. The molecular formula is C6H9N3S. The van der Waals surface area contributed by atoms with Crippen LogP contribution in [0.5, 0.6) is 0 Å². The lowest BCUT2D eigenvalue weighted by atomic mass is 10.5. The zero-order valence-electron chi connectivity index (χ0n) is 5.66. The molecule has 0 saturated carbocycles. The zero-order chi connectivity index (χ0) is 7.40. The van der Waals surface area contributed by atoms with Gasteiger partial charge in [-0.15, -0.1) is 11.8 Å². The molecule has 0 aliphatic rings. The smallest absolute Gasteiger partial charge is 0.141 e. The van der Waals surface area contributed by atoms with Crippen LogP contribution in [0.3, 0.4) is 0 Å². The third-order valence-electron chi connectivity index (χ3n) is 1.08. The van der Waals surface area contributed by atoms with Gasteiger partial charge in [0.1, 0.15) is 5.82 Å². The van der Waals surface area contributed by atoms with Gasteiger partial charge in [-0.1, -0.05) is 6.07 Å². The Morgan fingerprint density at radius 1 is 1.60 bits per heavy atom. The van der Waals surface area contributed by atoms with E-state index in [0.29, 0.717) is 5.82 Å². The minimum absolute atomic E-state index is 0.701. The summed E-state index contributed by atoms with van der Waals surface area (Å²) in [7, 11) is 0. The second-order valence-electron chi connectivity index (χ2n) is 1.71. The van der Waals surface area contributed by atoms with Crippen molar-refractivity contribution in [1.82, 2.24) is 4.98 Å². The third kappa shape index (κ3) is 1.62. The fourth-order valence-electron chi connectivity index (χ4n) is 0.609. The van der Waals surface area contributed by atoms with Crippen molar-refractivity contribution in [3.63, 3.8) is 0 Å². The second-order valence-corrected chi connectivity index (χ2v) is 2.54. The summed E-state index contributed by atoms with van der Waals surface area (Å²) >= 11 is 1.59. The Labute approximate surface area is 64.0 Å². The molecule has 0 bridgehead atoms. The average molecular weight is 155 g/mol. The molecular weight excluding hydrogens is 146 g/mol. The Morgan fingerprint density at radius 3 is 3.00 bits per heavy atom. The average Bonchev–Trinajstić information content (AvgIpc) is 2.05. The third-order valence-corrected chi connectivity index (χ3v) is 1.73. The Bertz CT molecular complexity index is 195. The highest BCUT2D eigenvalue weighted by Crippen LogP contribution is 2.12. The Hall–Kier alpha value is -0.740. The van der Waals surface area contributed by atoms with Crippen molar-refractivity contribution in [2.24, 2.45) is 5.84 Å². The van der Waals surface area contributed by atoms with Crippen LogP contribution in [0.15, 0.2) is 23.2 Å².